The second-order valence-electron chi connectivity index (χ2n) is 5.19. The van der Waals surface area contributed by atoms with Gasteiger partial charge in [0.2, 0.25) is 0 Å². The van der Waals surface area contributed by atoms with Gasteiger partial charge in [0, 0.05) is 19.1 Å². The van der Waals surface area contributed by atoms with Gasteiger partial charge in [0.25, 0.3) is 0 Å². The largest absolute Gasteiger partial charge is 0.381 e. The van der Waals surface area contributed by atoms with Crippen LogP contribution in [0.15, 0.2) is 12.1 Å². The van der Waals surface area contributed by atoms with E-state index < -0.39 is 11.6 Å². The van der Waals surface area contributed by atoms with Crippen molar-refractivity contribution in [3.63, 3.8) is 0 Å². The molecule has 0 bridgehead atoms. The Hall–Kier alpha value is -1.32. The van der Waals surface area contributed by atoms with Crippen LogP contribution in [-0.2, 0) is 0 Å². The van der Waals surface area contributed by atoms with Crippen molar-refractivity contribution < 1.29 is 8.78 Å². The van der Waals surface area contributed by atoms with Crippen molar-refractivity contribution in [1.82, 2.24) is 0 Å². The van der Waals surface area contributed by atoms with Crippen LogP contribution < -0.4 is 10.2 Å². The summed E-state index contributed by atoms with van der Waals surface area (Å²) in [5.74, 6) is -1.46. The number of nitrogens with zero attached hydrogens (tertiary/aromatic N) is 1. The van der Waals surface area contributed by atoms with Crippen LogP contribution in [-0.4, -0.2) is 19.1 Å². The summed E-state index contributed by atoms with van der Waals surface area (Å²) >= 11 is 0. The summed E-state index contributed by atoms with van der Waals surface area (Å²) in [5, 5.41) is 3.23. The molecule has 2 aliphatic rings. The van der Waals surface area contributed by atoms with E-state index in [1.54, 1.807) is 6.07 Å². The maximum absolute atomic E-state index is 14.0. The number of anilines is 2. The van der Waals surface area contributed by atoms with Gasteiger partial charge in [0.1, 0.15) is 0 Å². The number of fused-ring (bicyclic) bond motifs is 3. The van der Waals surface area contributed by atoms with Crippen LogP contribution in [0, 0.1) is 11.6 Å². The highest BCUT2D eigenvalue weighted by Gasteiger charge is 2.30. The molecular weight excluding hydrogens is 234 g/mol. The standard InChI is InChI=1S/C14H18F2N2/c15-11-6-7-12-14(13(11)16)18-8-4-2-1-3-5-10(18)9-17-12/h6-7,10,17H,1-5,8-9H2. The Morgan fingerprint density at radius 2 is 1.94 bits per heavy atom. The number of benzene rings is 1. The Balaban J connectivity index is 2.00. The van der Waals surface area contributed by atoms with E-state index in [-0.39, 0.29) is 0 Å². The highest BCUT2D eigenvalue weighted by atomic mass is 19.2. The van der Waals surface area contributed by atoms with Crippen molar-refractivity contribution in [2.24, 2.45) is 0 Å². The predicted octanol–water partition coefficient (Wildman–Crippen LogP) is 3.53. The molecule has 1 atom stereocenters. The highest BCUT2D eigenvalue weighted by Crippen LogP contribution is 2.37. The topological polar surface area (TPSA) is 15.3 Å². The Kier molecular flexibility index (Phi) is 3.10. The monoisotopic (exact) mass is 252 g/mol. The molecule has 2 heterocycles. The third-order valence-electron chi connectivity index (χ3n) is 4.01. The molecule has 1 N–H and O–H groups in total. The van der Waals surface area contributed by atoms with E-state index in [9.17, 15) is 8.78 Å². The Morgan fingerprint density at radius 3 is 2.83 bits per heavy atom. The summed E-state index contributed by atoms with van der Waals surface area (Å²) in [5.41, 5.74) is 1.17. The minimum atomic E-state index is -0.752. The van der Waals surface area contributed by atoms with E-state index in [4.69, 9.17) is 0 Å². The number of nitrogens with one attached hydrogen (secondary N) is 1. The van der Waals surface area contributed by atoms with Gasteiger partial charge in [-0.1, -0.05) is 19.3 Å². The lowest BCUT2D eigenvalue weighted by Crippen LogP contribution is -2.45. The van der Waals surface area contributed by atoms with Crippen molar-refractivity contribution in [2.75, 3.05) is 23.3 Å². The summed E-state index contributed by atoms with van der Waals surface area (Å²) in [6.45, 7) is 1.66. The third-order valence-corrected chi connectivity index (χ3v) is 4.01. The second-order valence-corrected chi connectivity index (χ2v) is 5.19. The molecule has 0 aliphatic carbocycles. The minimum Gasteiger partial charge on any atom is -0.381 e. The van der Waals surface area contributed by atoms with E-state index in [1.807, 2.05) is 0 Å². The lowest BCUT2D eigenvalue weighted by Gasteiger charge is -2.41. The average molecular weight is 252 g/mol. The molecule has 2 nitrogen and oxygen atoms in total. The van der Waals surface area contributed by atoms with Gasteiger partial charge >= 0.3 is 0 Å². The molecule has 1 fully saturated rings. The van der Waals surface area contributed by atoms with Crippen molar-refractivity contribution in [3.05, 3.63) is 23.8 Å². The first-order chi connectivity index (χ1) is 8.77. The van der Waals surface area contributed by atoms with Crippen LogP contribution >= 0.6 is 0 Å². The first-order valence-corrected chi connectivity index (χ1v) is 6.76. The molecule has 1 saturated heterocycles. The zero-order valence-electron chi connectivity index (χ0n) is 10.4. The molecule has 18 heavy (non-hydrogen) atoms. The number of hydrogen-bond acceptors (Lipinski definition) is 2. The van der Waals surface area contributed by atoms with Gasteiger partial charge in [-0.2, -0.15) is 0 Å². The number of rotatable bonds is 0. The fourth-order valence-electron chi connectivity index (χ4n) is 3.05. The predicted molar refractivity (Wildman–Crippen MR) is 69.1 cm³/mol. The van der Waals surface area contributed by atoms with E-state index in [0.29, 0.717) is 11.7 Å². The minimum absolute atomic E-state index is 0.300. The molecule has 0 aromatic heterocycles. The van der Waals surface area contributed by atoms with E-state index in [2.05, 4.69) is 10.2 Å². The van der Waals surface area contributed by atoms with Crippen LogP contribution in [0.25, 0.3) is 0 Å². The van der Waals surface area contributed by atoms with Crippen LogP contribution in [0.2, 0.25) is 0 Å². The molecule has 2 aliphatic heterocycles. The van der Waals surface area contributed by atoms with Crippen molar-refractivity contribution in [3.8, 4) is 0 Å². The van der Waals surface area contributed by atoms with Crippen LogP contribution in [0.3, 0.4) is 0 Å². The molecule has 0 radical (unpaired) electrons. The lowest BCUT2D eigenvalue weighted by atomic mass is 9.98. The van der Waals surface area contributed by atoms with Crippen molar-refractivity contribution in [2.45, 2.75) is 38.1 Å². The first kappa shape index (κ1) is 11.8. The molecule has 1 aromatic carbocycles. The zero-order chi connectivity index (χ0) is 12.5. The van der Waals surface area contributed by atoms with Gasteiger partial charge in [-0.15, -0.1) is 0 Å². The number of hydrogen-bond donors (Lipinski definition) is 1. The smallest absolute Gasteiger partial charge is 0.184 e. The van der Waals surface area contributed by atoms with Crippen LogP contribution in [0.1, 0.15) is 32.1 Å². The summed E-state index contributed by atoms with van der Waals surface area (Å²) in [7, 11) is 0. The van der Waals surface area contributed by atoms with Gasteiger partial charge in [-0.05, 0) is 25.0 Å². The maximum Gasteiger partial charge on any atom is 0.184 e. The summed E-state index contributed by atoms with van der Waals surface area (Å²) < 4.78 is 27.4. The summed E-state index contributed by atoms with van der Waals surface area (Å²) in [6.07, 6.45) is 5.73. The molecule has 1 unspecified atom stereocenters. The van der Waals surface area contributed by atoms with Gasteiger partial charge in [0.05, 0.1) is 11.4 Å². The van der Waals surface area contributed by atoms with Gasteiger partial charge in [-0.3, -0.25) is 0 Å². The van der Waals surface area contributed by atoms with Gasteiger partial charge < -0.3 is 10.2 Å². The molecule has 3 rings (SSSR count). The van der Waals surface area contributed by atoms with E-state index in [0.717, 1.165) is 31.6 Å². The average Bonchev–Trinajstić information content (AvgIpc) is 2.34. The summed E-state index contributed by atoms with van der Waals surface area (Å²) in [4.78, 5) is 2.07. The molecule has 4 heteroatoms. The fourth-order valence-corrected chi connectivity index (χ4v) is 3.05. The zero-order valence-corrected chi connectivity index (χ0v) is 10.4. The maximum atomic E-state index is 14.0. The van der Waals surface area contributed by atoms with E-state index in [1.165, 1.54) is 25.3 Å². The lowest BCUT2D eigenvalue weighted by molar-refractivity contribution is 0.453. The molecule has 0 amide bonds. The van der Waals surface area contributed by atoms with Gasteiger partial charge in [-0.25, -0.2) is 8.78 Å². The van der Waals surface area contributed by atoms with Crippen molar-refractivity contribution >= 4 is 11.4 Å². The molecular formula is C14H18F2N2. The van der Waals surface area contributed by atoms with Crippen LogP contribution in [0.4, 0.5) is 20.2 Å². The fraction of sp³-hybridized carbons (Fsp3) is 0.571. The molecule has 98 valence electrons. The third kappa shape index (κ3) is 1.93. The van der Waals surface area contributed by atoms with Gasteiger partial charge in [0.15, 0.2) is 11.6 Å². The normalized spacial score (nSPS) is 23.4. The second kappa shape index (κ2) is 4.75. The number of halogens is 2. The molecule has 1 aromatic rings. The Bertz CT molecular complexity index is 448. The highest BCUT2D eigenvalue weighted by molar-refractivity contribution is 5.73. The van der Waals surface area contributed by atoms with E-state index >= 15 is 0 Å². The molecule has 0 spiro atoms. The first-order valence-electron chi connectivity index (χ1n) is 6.76. The Labute approximate surface area is 106 Å². The van der Waals surface area contributed by atoms with Crippen LogP contribution in [0.5, 0.6) is 0 Å². The summed E-state index contributed by atoms with van der Waals surface area (Å²) in [6, 6.07) is 3.14. The Morgan fingerprint density at radius 1 is 1.11 bits per heavy atom. The van der Waals surface area contributed by atoms with Crippen molar-refractivity contribution in [1.29, 1.82) is 0 Å². The quantitative estimate of drug-likeness (QED) is 0.760. The SMILES string of the molecule is Fc1ccc2c(c1F)N1CCCCCCC1CN2. The molecule has 0 saturated carbocycles.